The van der Waals surface area contributed by atoms with E-state index in [1.54, 1.807) is 17.0 Å². The number of nitrogens with two attached hydrogens (primary N) is 1. The van der Waals surface area contributed by atoms with E-state index in [-0.39, 0.29) is 10.8 Å². The molecule has 2 N–H and O–H groups in total. The second-order valence-corrected chi connectivity index (χ2v) is 10.2. The van der Waals surface area contributed by atoms with Crippen LogP contribution in [-0.4, -0.2) is 19.5 Å². The first-order chi connectivity index (χ1) is 16.4. The van der Waals surface area contributed by atoms with Gasteiger partial charge in [-0.15, -0.1) is 0 Å². The summed E-state index contributed by atoms with van der Waals surface area (Å²) in [5.74, 6) is -0.177. The normalized spacial score (nSPS) is 16.6. The van der Waals surface area contributed by atoms with Gasteiger partial charge in [0.2, 0.25) is 10.0 Å². The number of para-hydroxylation sites is 1. The molecule has 8 heteroatoms. The van der Waals surface area contributed by atoms with Crippen LogP contribution in [0.5, 0.6) is 0 Å². The predicted molar refractivity (Wildman–Crippen MR) is 138 cm³/mol. The Morgan fingerprint density at radius 2 is 1.50 bits per heavy atom. The topological polar surface area (TPSA) is 92.8 Å². The molecule has 0 saturated carbocycles. The number of aliphatic imine (C=N–C) groups is 1. The number of amides is 1. The van der Waals surface area contributed by atoms with Gasteiger partial charge < -0.3 is 0 Å². The van der Waals surface area contributed by atoms with Gasteiger partial charge in [0, 0.05) is 0 Å². The molecular weight excluding hydrogens is 466 g/mol. The molecule has 0 aromatic heterocycles. The summed E-state index contributed by atoms with van der Waals surface area (Å²) in [5.41, 5.74) is 2.12. The Labute approximate surface area is 201 Å². The van der Waals surface area contributed by atoms with E-state index >= 15 is 0 Å². The first-order valence-electron chi connectivity index (χ1n) is 10.4. The number of fused-ring (bicyclic) bond motifs is 1. The highest BCUT2D eigenvalue weighted by Crippen LogP contribution is 2.37. The second-order valence-electron chi connectivity index (χ2n) is 7.63. The molecule has 0 bridgehead atoms. The van der Waals surface area contributed by atoms with Crippen molar-refractivity contribution >= 4 is 61.1 Å². The molecule has 4 aromatic rings. The highest BCUT2D eigenvalue weighted by atomic mass is 32.2. The van der Waals surface area contributed by atoms with Crippen LogP contribution >= 0.6 is 11.8 Å². The summed E-state index contributed by atoms with van der Waals surface area (Å²) in [7, 11) is -3.80. The quantitative estimate of drug-likeness (QED) is 0.397. The van der Waals surface area contributed by atoms with E-state index in [9.17, 15) is 13.2 Å². The zero-order valence-corrected chi connectivity index (χ0v) is 19.5. The smallest absolute Gasteiger partial charge is 0.268 e. The van der Waals surface area contributed by atoms with E-state index in [4.69, 9.17) is 5.14 Å². The van der Waals surface area contributed by atoms with Gasteiger partial charge in [0.05, 0.1) is 21.2 Å². The molecule has 1 saturated heterocycles. The van der Waals surface area contributed by atoms with Crippen molar-refractivity contribution in [2.45, 2.75) is 4.90 Å². The minimum absolute atomic E-state index is 0.00315. The lowest BCUT2D eigenvalue weighted by molar-refractivity contribution is -0.113. The van der Waals surface area contributed by atoms with Crippen molar-refractivity contribution in [1.29, 1.82) is 0 Å². The number of carbonyl (C=O) groups excluding carboxylic acids is 1. The van der Waals surface area contributed by atoms with Crippen molar-refractivity contribution in [2.24, 2.45) is 10.1 Å². The molecule has 1 heterocycles. The molecule has 0 unspecified atom stereocenters. The van der Waals surface area contributed by atoms with Gasteiger partial charge in [0.15, 0.2) is 5.17 Å². The van der Waals surface area contributed by atoms with Gasteiger partial charge >= 0.3 is 0 Å². The van der Waals surface area contributed by atoms with E-state index in [0.29, 0.717) is 21.4 Å². The second kappa shape index (κ2) is 8.90. The summed E-state index contributed by atoms with van der Waals surface area (Å²) in [4.78, 5) is 20.2. The standard InChI is InChI=1S/C26H19N3O3S2/c27-34(31,32)23-14-12-21(13-15-23)28-26-29(22-8-2-1-3-9-22)25(30)24(33-26)17-18-10-11-19-6-4-5-7-20(19)16-18/h1-17H,(H2,27,31,32)/b24-17?,28-26-. The fourth-order valence-corrected chi connectivity index (χ4v) is 5.14. The van der Waals surface area contributed by atoms with E-state index in [1.165, 1.54) is 23.9 Å². The minimum Gasteiger partial charge on any atom is -0.268 e. The Kier molecular flexibility index (Phi) is 5.79. The summed E-state index contributed by atoms with van der Waals surface area (Å²) in [6, 6.07) is 29.3. The maximum absolute atomic E-state index is 13.4. The van der Waals surface area contributed by atoms with E-state index in [0.717, 1.165) is 16.3 Å². The molecule has 5 rings (SSSR count). The number of hydrogen-bond acceptors (Lipinski definition) is 5. The minimum atomic E-state index is -3.80. The lowest BCUT2D eigenvalue weighted by Crippen LogP contribution is -2.28. The lowest BCUT2D eigenvalue weighted by Gasteiger charge is -2.15. The number of amidine groups is 1. The molecule has 0 spiro atoms. The summed E-state index contributed by atoms with van der Waals surface area (Å²) in [6.45, 7) is 0. The third-order valence-corrected chi connectivity index (χ3v) is 7.18. The Morgan fingerprint density at radius 1 is 0.824 bits per heavy atom. The molecule has 1 aliphatic heterocycles. The molecule has 4 aromatic carbocycles. The van der Waals surface area contributed by atoms with Crippen molar-refractivity contribution in [3.8, 4) is 0 Å². The molecule has 1 fully saturated rings. The van der Waals surface area contributed by atoms with Crippen molar-refractivity contribution in [3.05, 3.63) is 108 Å². The van der Waals surface area contributed by atoms with Crippen LogP contribution in [0.1, 0.15) is 5.56 Å². The number of sulfonamides is 1. The largest absolute Gasteiger partial charge is 0.271 e. The number of primary sulfonamides is 1. The maximum atomic E-state index is 13.4. The van der Waals surface area contributed by atoms with Crippen LogP contribution in [0.15, 0.2) is 112 Å². The van der Waals surface area contributed by atoms with Gasteiger partial charge in [-0.25, -0.2) is 18.5 Å². The van der Waals surface area contributed by atoms with Gasteiger partial charge in [-0.2, -0.15) is 0 Å². The highest BCUT2D eigenvalue weighted by molar-refractivity contribution is 8.19. The Morgan fingerprint density at radius 3 is 2.21 bits per heavy atom. The molecule has 0 aliphatic carbocycles. The first kappa shape index (κ1) is 22.1. The highest BCUT2D eigenvalue weighted by Gasteiger charge is 2.34. The van der Waals surface area contributed by atoms with Crippen LogP contribution in [0.4, 0.5) is 11.4 Å². The molecule has 6 nitrogen and oxygen atoms in total. The van der Waals surface area contributed by atoms with Gasteiger partial charge in [-0.05, 0) is 76.6 Å². The van der Waals surface area contributed by atoms with E-state index in [2.05, 4.69) is 4.99 Å². The monoisotopic (exact) mass is 485 g/mol. The molecule has 0 radical (unpaired) electrons. The maximum Gasteiger partial charge on any atom is 0.271 e. The number of anilines is 1. The van der Waals surface area contributed by atoms with Crippen LogP contribution in [0.2, 0.25) is 0 Å². The van der Waals surface area contributed by atoms with Gasteiger partial charge in [0.1, 0.15) is 0 Å². The molecule has 168 valence electrons. The zero-order chi connectivity index (χ0) is 23.7. The fourth-order valence-electron chi connectivity index (χ4n) is 3.62. The summed E-state index contributed by atoms with van der Waals surface area (Å²) in [6.07, 6.45) is 1.86. The Hall–Kier alpha value is -3.72. The summed E-state index contributed by atoms with van der Waals surface area (Å²) < 4.78 is 23.1. The van der Waals surface area contributed by atoms with Crippen LogP contribution in [-0.2, 0) is 14.8 Å². The number of nitrogens with zero attached hydrogens (tertiary/aromatic N) is 2. The molecular formula is C26H19N3O3S2. The van der Waals surface area contributed by atoms with E-state index < -0.39 is 10.0 Å². The van der Waals surface area contributed by atoms with Crippen molar-refractivity contribution < 1.29 is 13.2 Å². The van der Waals surface area contributed by atoms with Crippen molar-refractivity contribution in [2.75, 3.05) is 4.90 Å². The van der Waals surface area contributed by atoms with Gasteiger partial charge in [-0.3, -0.25) is 9.69 Å². The van der Waals surface area contributed by atoms with E-state index in [1.807, 2.05) is 78.9 Å². The Bertz CT molecular complexity index is 1560. The molecule has 1 amide bonds. The average Bonchev–Trinajstić information content (AvgIpc) is 3.13. The number of rotatable bonds is 4. The predicted octanol–water partition coefficient (Wildman–Crippen LogP) is 5.30. The van der Waals surface area contributed by atoms with Crippen LogP contribution in [0.3, 0.4) is 0 Å². The third kappa shape index (κ3) is 4.51. The van der Waals surface area contributed by atoms with Gasteiger partial charge in [-0.1, -0.05) is 54.6 Å². The molecule has 34 heavy (non-hydrogen) atoms. The fraction of sp³-hybridized carbons (Fsp3) is 0. The number of benzene rings is 4. The first-order valence-corrected chi connectivity index (χ1v) is 12.7. The molecule has 0 atom stereocenters. The number of hydrogen-bond donors (Lipinski definition) is 1. The SMILES string of the molecule is NS(=O)(=O)c1ccc(/N=C2\SC(=Cc3ccc4ccccc4c3)C(=O)N2c2ccccc2)cc1. The average molecular weight is 486 g/mol. The molecule has 1 aliphatic rings. The van der Waals surface area contributed by atoms with Crippen molar-refractivity contribution in [1.82, 2.24) is 0 Å². The van der Waals surface area contributed by atoms with Gasteiger partial charge in [0.25, 0.3) is 5.91 Å². The number of thioether (sulfide) groups is 1. The third-order valence-electron chi connectivity index (χ3n) is 5.28. The summed E-state index contributed by atoms with van der Waals surface area (Å²) in [5, 5.41) is 7.89. The van der Waals surface area contributed by atoms with Crippen LogP contribution in [0.25, 0.3) is 16.8 Å². The zero-order valence-electron chi connectivity index (χ0n) is 17.8. The summed E-state index contributed by atoms with van der Waals surface area (Å²) >= 11 is 1.27. The Balaban J connectivity index is 1.55. The van der Waals surface area contributed by atoms with Crippen LogP contribution < -0.4 is 10.0 Å². The number of carbonyl (C=O) groups is 1. The lowest BCUT2D eigenvalue weighted by atomic mass is 10.1. The van der Waals surface area contributed by atoms with Crippen molar-refractivity contribution in [3.63, 3.8) is 0 Å². The van der Waals surface area contributed by atoms with Crippen LogP contribution in [0, 0.1) is 0 Å².